The van der Waals surface area contributed by atoms with Gasteiger partial charge in [-0.3, -0.25) is 0 Å². The standard InChI is InChI=1S/C18H36.K.H/c1-3-5-7-9-11-13-15-17-18-16-14-12-10-8-6-4-2;;/h17-18H,3-16H2,1-2H3;;/q;+1;-1/b18-17-;;. The predicted molar refractivity (Wildman–Crippen MR) is 86.2 cm³/mol. The van der Waals surface area contributed by atoms with Crippen molar-refractivity contribution in [1.82, 2.24) is 0 Å². The monoisotopic (exact) mass is 292 g/mol. The Morgan fingerprint density at radius 2 is 0.842 bits per heavy atom. The van der Waals surface area contributed by atoms with Crippen molar-refractivity contribution in [1.29, 1.82) is 0 Å². The van der Waals surface area contributed by atoms with Crippen LogP contribution in [-0.4, -0.2) is 0 Å². The summed E-state index contributed by atoms with van der Waals surface area (Å²) in [6, 6.07) is 0. The van der Waals surface area contributed by atoms with E-state index in [1.807, 2.05) is 0 Å². The maximum Gasteiger partial charge on any atom is 1.00 e. The van der Waals surface area contributed by atoms with E-state index >= 15 is 0 Å². The summed E-state index contributed by atoms with van der Waals surface area (Å²) in [5.74, 6) is 0. The second-order valence-electron chi connectivity index (χ2n) is 5.58. The minimum atomic E-state index is 0. The Bertz CT molecular complexity index is 151. The van der Waals surface area contributed by atoms with Crippen LogP contribution in [0.1, 0.15) is 105 Å². The van der Waals surface area contributed by atoms with Crippen molar-refractivity contribution in [2.45, 2.75) is 104 Å². The van der Waals surface area contributed by atoms with Crippen LogP contribution in [0.25, 0.3) is 0 Å². The molecule has 0 aliphatic carbocycles. The third-order valence-electron chi connectivity index (χ3n) is 3.62. The van der Waals surface area contributed by atoms with Gasteiger partial charge in [-0.2, -0.15) is 0 Å². The maximum atomic E-state index is 2.41. The van der Waals surface area contributed by atoms with Crippen molar-refractivity contribution in [2.75, 3.05) is 0 Å². The Morgan fingerprint density at radius 3 is 1.21 bits per heavy atom. The Balaban J connectivity index is -0.00000144. The van der Waals surface area contributed by atoms with E-state index in [1.54, 1.807) is 0 Å². The molecule has 0 atom stereocenters. The Hall–Kier alpha value is 1.38. The zero-order valence-corrected chi connectivity index (χ0v) is 17.2. The van der Waals surface area contributed by atoms with Crippen LogP contribution in [-0.2, 0) is 0 Å². The van der Waals surface area contributed by atoms with Crippen LogP contribution in [0.3, 0.4) is 0 Å². The van der Waals surface area contributed by atoms with Crippen molar-refractivity contribution in [3.8, 4) is 0 Å². The summed E-state index contributed by atoms with van der Waals surface area (Å²) < 4.78 is 0. The fourth-order valence-corrected chi connectivity index (χ4v) is 2.32. The van der Waals surface area contributed by atoms with Crippen LogP contribution in [0, 0.1) is 0 Å². The van der Waals surface area contributed by atoms with E-state index in [0.717, 1.165) is 0 Å². The number of unbranched alkanes of at least 4 members (excludes halogenated alkanes) is 12. The first kappa shape index (κ1) is 22.7. The number of rotatable bonds is 14. The van der Waals surface area contributed by atoms with E-state index in [1.165, 1.54) is 89.9 Å². The fraction of sp³-hybridized carbons (Fsp3) is 0.889. The van der Waals surface area contributed by atoms with E-state index in [-0.39, 0.29) is 52.8 Å². The zero-order chi connectivity index (χ0) is 13.3. The molecule has 0 aromatic rings. The third kappa shape index (κ3) is 21.8. The number of hydrogen-bond acceptors (Lipinski definition) is 0. The average Bonchev–Trinajstić information content (AvgIpc) is 2.39. The summed E-state index contributed by atoms with van der Waals surface area (Å²) >= 11 is 0. The molecule has 0 radical (unpaired) electrons. The largest absolute Gasteiger partial charge is 1.00 e. The van der Waals surface area contributed by atoms with Gasteiger partial charge in [0.25, 0.3) is 0 Å². The van der Waals surface area contributed by atoms with Gasteiger partial charge in [-0.1, -0.05) is 90.2 Å². The molecule has 1 heteroatoms. The fourth-order valence-electron chi connectivity index (χ4n) is 2.32. The van der Waals surface area contributed by atoms with Crippen LogP contribution < -0.4 is 51.4 Å². The van der Waals surface area contributed by atoms with Crippen LogP contribution >= 0.6 is 0 Å². The summed E-state index contributed by atoms with van der Waals surface area (Å²) in [6.07, 6.45) is 24.4. The van der Waals surface area contributed by atoms with Gasteiger partial charge in [-0.05, 0) is 25.7 Å². The molecule has 0 aliphatic rings. The van der Waals surface area contributed by atoms with Crippen molar-refractivity contribution < 1.29 is 52.8 Å². The van der Waals surface area contributed by atoms with Crippen molar-refractivity contribution in [3.63, 3.8) is 0 Å². The molecule has 0 unspecified atom stereocenters. The molecule has 0 bridgehead atoms. The predicted octanol–water partition coefficient (Wildman–Crippen LogP) is 4.16. The van der Waals surface area contributed by atoms with E-state index in [2.05, 4.69) is 26.0 Å². The van der Waals surface area contributed by atoms with E-state index in [0.29, 0.717) is 0 Å². The summed E-state index contributed by atoms with van der Waals surface area (Å²) in [5.41, 5.74) is 0. The second kappa shape index (κ2) is 21.7. The second-order valence-corrected chi connectivity index (χ2v) is 5.58. The minimum absolute atomic E-state index is 0. The van der Waals surface area contributed by atoms with Crippen molar-refractivity contribution >= 4 is 0 Å². The topological polar surface area (TPSA) is 0 Å². The maximum absolute atomic E-state index is 2.41. The smallest absolute Gasteiger partial charge is 1.00 e. The molecule has 0 heterocycles. The van der Waals surface area contributed by atoms with Gasteiger partial charge < -0.3 is 1.43 Å². The van der Waals surface area contributed by atoms with Gasteiger partial charge in [0.1, 0.15) is 0 Å². The molecule has 0 aromatic heterocycles. The first-order valence-electron chi connectivity index (χ1n) is 8.56. The van der Waals surface area contributed by atoms with E-state index in [9.17, 15) is 0 Å². The quantitative estimate of drug-likeness (QED) is 0.256. The first-order valence-corrected chi connectivity index (χ1v) is 8.56. The Labute approximate surface area is 167 Å². The molecular formula is C18H37K. The summed E-state index contributed by atoms with van der Waals surface area (Å²) in [7, 11) is 0. The molecule has 19 heavy (non-hydrogen) atoms. The van der Waals surface area contributed by atoms with E-state index < -0.39 is 0 Å². The molecular weight excluding hydrogens is 255 g/mol. The van der Waals surface area contributed by atoms with Crippen LogP contribution in [0.5, 0.6) is 0 Å². The van der Waals surface area contributed by atoms with Crippen molar-refractivity contribution in [3.05, 3.63) is 12.2 Å². The average molecular weight is 293 g/mol. The molecule has 0 fully saturated rings. The Morgan fingerprint density at radius 1 is 0.526 bits per heavy atom. The van der Waals surface area contributed by atoms with Crippen LogP contribution in [0.15, 0.2) is 12.2 Å². The summed E-state index contributed by atoms with van der Waals surface area (Å²) in [6.45, 7) is 4.57. The van der Waals surface area contributed by atoms with Crippen LogP contribution in [0.2, 0.25) is 0 Å². The van der Waals surface area contributed by atoms with Gasteiger partial charge in [-0.15, -0.1) is 0 Å². The van der Waals surface area contributed by atoms with E-state index in [4.69, 9.17) is 0 Å². The van der Waals surface area contributed by atoms with Gasteiger partial charge >= 0.3 is 51.4 Å². The summed E-state index contributed by atoms with van der Waals surface area (Å²) in [4.78, 5) is 0. The minimum Gasteiger partial charge on any atom is -1.00 e. The molecule has 0 N–H and O–H groups in total. The molecule has 0 saturated heterocycles. The first-order chi connectivity index (χ1) is 8.91. The van der Waals surface area contributed by atoms with Gasteiger partial charge in [0.15, 0.2) is 0 Å². The molecule has 0 spiro atoms. The normalized spacial score (nSPS) is 10.8. The van der Waals surface area contributed by atoms with Gasteiger partial charge in [0.2, 0.25) is 0 Å². The molecule has 0 amide bonds. The zero-order valence-electron chi connectivity index (χ0n) is 15.1. The van der Waals surface area contributed by atoms with Gasteiger partial charge in [0, 0.05) is 0 Å². The van der Waals surface area contributed by atoms with Crippen LogP contribution in [0.4, 0.5) is 0 Å². The molecule has 0 aliphatic heterocycles. The Kier molecular flexibility index (Phi) is 25.8. The summed E-state index contributed by atoms with van der Waals surface area (Å²) in [5, 5.41) is 0. The third-order valence-corrected chi connectivity index (χ3v) is 3.62. The molecule has 0 nitrogen and oxygen atoms in total. The SMILES string of the molecule is CCCCCCCC/C=C\CCCCCCCC.[H-].[K+]. The molecule has 0 rings (SSSR count). The number of allylic oxidation sites excluding steroid dienone is 2. The number of hydrogen-bond donors (Lipinski definition) is 0. The molecule has 110 valence electrons. The van der Waals surface area contributed by atoms with Gasteiger partial charge in [0.05, 0.1) is 0 Å². The molecule has 0 aromatic carbocycles. The molecule has 0 saturated carbocycles. The van der Waals surface area contributed by atoms with Gasteiger partial charge in [-0.25, -0.2) is 0 Å². The van der Waals surface area contributed by atoms with Crippen molar-refractivity contribution in [2.24, 2.45) is 0 Å².